The molecule has 1 amide bonds. The number of hydrogen-bond acceptors (Lipinski definition) is 2. The van der Waals surface area contributed by atoms with Crippen LogP contribution in [-0.4, -0.2) is 23.5 Å². The third kappa shape index (κ3) is 4.92. The van der Waals surface area contributed by atoms with Crippen LogP contribution in [0.1, 0.15) is 41.6 Å². The van der Waals surface area contributed by atoms with E-state index in [0.717, 1.165) is 0 Å². The fraction of sp³-hybridized carbons (Fsp3) is 0.429. The van der Waals surface area contributed by atoms with Crippen LogP contribution in [0.15, 0.2) is 16.6 Å². The normalized spacial score (nSPS) is 10.3. The molecule has 4 nitrogen and oxygen atoms in total. The van der Waals surface area contributed by atoms with Crippen LogP contribution in [0.2, 0.25) is 0 Å². The smallest absolute Gasteiger partial charge is 0.303 e. The Morgan fingerprint density at radius 1 is 1.30 bits per heavy atom. The van der Waals surface area contributed by atoms with Gasteiger partial charge in [-0.05, 0) is 37.5 Å². The van der Waals surface area contributed by atoms with Crippen LogP contribution < -0.4 is 5.32 Å². The van der Waals surface area contributed by atoms with Gasteiger partial charge in [0.2, 0.25) is 0 Å². The number of carboxylic acid groups (broad SMARTS) is 1. The highest BCUT2D eigenvalue weighted by Gasteiger charge is 2.16. The lowest BCUT2D eigenvalue weighted by Gasteiger charge is -2.10. The van der Waals surface area contributed by atoms with Crippen molar-refractivity contribution in [3.63, 3.8) is 0 Å². The minimum atomic E-state index is -0.819. The highest BCUT2D eigenvalue weighted by atomic mass is 79.9. The topological polar surface area (TPSA) is 66.4 Å². The molecule has 0 atom stereocenters. The van der Waals surface area contributed by atoms with Crippen LogP contribution in [0.4, 0.5) is 4.39 Å². The van der Waals surface area contributed by atoms with Crippen LogP contribution in [-0.2, 0) is 4.79 Å². The molecular weight excluding hydrogens is 329 g/mol. The van der Waals surface area contributed by atoms with E-state index in [1.807, 2.05) is 0 Å². The van der Waals surface area contributed by atoms with Gasteiger partial charge in [-0.2, -0.15) is 0 Å². The average molecular weight is 346 g/mol. The van der Waals surface area contributed by atoms with Crippen LogP contribution in [0.25, 0.3) is 0 Å². The molecule has 0 fully saturated rings. The van der Waals surface area contributed by atoms with Gasteiger partial charge < -0.3 is 10.4 Å². The molecule has 0 aliphatic rings. The van der Waals surface area contributed by atoms with Crippen molar-refractivity contribution in [2.45, 2.75) is 32.6 Å². The maximum Gasteiger partial charge on any atom is 0.303 e. The number of halogens is 2. The predicted molar refractivity (Wildman–Crippen MR) is 77.3 cm³/mol. The molecule has 0 aromatic heterocycles. The molecule has 0 saturated carbocycles. The summed E-state index contributed by atoms with van der Waals surface area (Å²) in [6.07, 6.45) is 2.10. The van der Waals surface area contributed by atoms with E-state index < -0.39 is 17.7 Å². The van der Waals surface area contributed by atoms with Gasteiger partial charge in [0.1, 0.15) is 5.82 Å². The number of benzene rings is 1. The average Bonchev–Trinajstić information content (AvgIpc) is 2.38. The predicted octanol–water partition coefficient (Wildman–Crippen LogP) is 3.27. The van der Waals surface area contributed by atoms with Crippen molar-refractivity contribution in [3.05, 3.63) is 33.5 Å². The van der Waals surface area contributed by atoms with E-state index in [1.54, 1.807) is 13.0 Å². The first-order valence-corrected chi connectivity index (χ1v) is 7.17. The van der Waals surface area contributed by atoms with Gasteiger partial charge in [0.25, 0.3) is 5.91 Å². The first-order valence-electron chi connectivity index (χ1n) is 6.38. The Morgan fingerprint density at radius 3 is 2.65 bits per heavy atom. The molecule has 0 heterocycles. The number of nitrogens with one attached hydrogen (secondary N) is 1. The number of aliphatic carboxylic acids is 1. The second-order valence-corrected chi connectivity index (χ2v) is 5.34. The number of carbonyl (C=O) groups excluding carboxylic acids is 1. The molecule has 0 aliphatic carbocycles. The quantitative estimate of drug-likeness (QED) is 0.745. The van der Waals surface area contributed by atoms with Crippen LogP contribution in [0.3, 0.4) is 0 Å². The lowest BCUT2D eigenvalue weighted by molar-refractivity contribution is -0.137. The molecule has 2 N–H and O–H groups in total. The van der Waals surface area contributed by atoms with Crippen LogP contribution in [0.5, 0.6) is 0 Å². The van der Waals surface area contributed by atoms with Crippen molar-refractivity contribution in [2.75, 3.05) is 6.54 Å². The second-order valence-electron chi connectivity index (χ2n) is 4.49. The molecule has 110 valence electrons. The summed E-state index contributed by atoms with van der Waals surface area (Å²) in [5.41, 5.74) is 0.610. The molecule has 1 rings (SSSR count). The van der Waals surface area contributed by atoms with E-state index in [9.17, 15) is 14.0 Å². The zero-order chi connectivity index (χ0) is 15.1. The third-order valence-corrected chi connectivity index (χ3v) is 3.79. The minimum absolute atomic E-state index is 0.0462. The van der Waals surface area contributed by atoms with Crippen molar-refractivity contribution >= 4 is 27.8 Å². The van der Waals surface area contributed by atoms with Gasteiger partial charge in [-0.3, -0.25) is 9.59 Å². The van der Waals surface area contributed by atoms with E-state index in [0.29, 0.717) is 35.8 Å². The number of unbranched alkanes of at least 4 members (excludes halogenated alkanes) is 2. The van der Waals surface area contributed by atoms with Gasteiger partial charge in [-0.25, -0.2) is 4.39 Å². The summed E-state index contributed by atoms with van der Waals surface area (Å²) < 4.78 is 14.3. The zero-order valence-corrected chi connectivity index (χ0v) is 12.8. The largest absolute Gasteiger partial charge is 0.481 e. The molecule has 0 aliphatic heterocycles. The lowest BCUT2D eigenvalue weighted by atomic mass is 10.1. The lowest BCUT2D eigenvalue weighted by Crippen LogP contribution is -2.26. The first kappa shape index (κ1) is 16.6. The van der Waals surface area contributed by atoms with E-state index in [-0.39, 0.29) is 12.0 Å². The Bertz CT molecular complexity index is 505. The van der Waals surface area contributed by atoms with Gasteiger partial charge in [-0.15, -0.1) is 0 Å². The molecule has 0 bridgehead atoms. The first-order chi connectivity index (χ1) is 9.43. The summed E-state index contributed by atoms with van der Waals surface area (Å²) in [5, 5.41) is 11.1. The maximum atomic E-state index is 13.7. The molecule has 6 heteroatoms. The molecule has 20 heavy (non-hydrogen) atoms. The Labute approximate surface area is 125 Å². The minimum Gasteiger partial charge on any atom is -0.481 e. The Kier molecular flexibility index (Phi) is 6.64. The van der Waals surface area contributed by atoms with Crippen molar-refractivity contribution in [1.82, 2.24) is 5.32 Å². The van der Waals surface area contributed by atoms with Gasteiger partial charge >= 0.3 is 5.97 Å². The number of amides is 1. The maximum absolute atomic E-state index is 13.7. The van der Waals surface area contributed by atoms with Gasteiger partial charge in [-0.1, -0.05) is 22.4 Å². The molecule has 0 saturated heterocycles. The summed E-state index contributed by atoms with van der Waals surface area (Å²) >= 11 is 3.26. The Hall–Kier alpha value is -1.43. The number of carboxylic acids is 1. The highest BCUT2D eigenvalue weighted by molar-refractivity contribution is 9.10. The molecule has 1 aromatic carbocycles. The number of hydrogen-bond donors (Lipinski definition) is 2. The fourth-order valence-corrected chi connectivity index (χ4v) is 2.13. The van der Waals surface area contributed by atoms with Crippen LogP contribution in [0, 0.1) is 12.7 Å². The van der Waals surface area contributed by atoms with E-state index in [2.05, 4.69) is 21.2 Å². The van der Waals surface area contributed by atoms with E-state index >= 15 is 0 Å². The summed E-state index contributed by atoms with van der Waals surface area (Å²) in [6, 6.07) is 2.81. The van der Waals surface area contributed by atoms with Crippen molar-refractivity contribution < 1.29 is 19.1 Å². The van der Waals surface area contributed by atoms with Crippen molar-refractivity contribution in [1.29, 1.82) is 0 Å². The third-order valence-electron chi connectivity index (χ3n) is 2.93. The highest BCUT2D eigenvalue weighted by Crippen LogP contribution is 2.22. The molecule has 1 aromatic rings. The van der Waals surface area contributed by atoms with E-state index in [4.69, 9.17) is 5.11 Å². The molecule has 0 unspecified atom stereocenters. The van der Waals surface area contributed by atoms with Gasteiger partial charge in [0.15, 0.2) is 0 Å². The Morgan fingerprint density at radius 2 is 2.00 bits per heavy atom. The molecular formula is C14H17BrFNO3. The standard InChI is InChI=1S/C14H17BrFNO3/c1-9-10(15)6-7-11(16)13(9)14(20)17-8-4-2-3-5-12(18)19/h6-7H,2-5,8H2,1H3,(H,17,20)(H,18,19). The molecule has 0 spiro atoms. The van der Waals surface area contributed by atoms with Crippen LogP contribution >= 0.6 is 15.9 Å². The summed E-state index contributed by atoms with van der Waals surface area (Å²) in [6.45, 7) is 2.08. The fourth-order valence-electron chi connectivity index (χ4n) is 1.80. The zero-order valence-electron chi connectivity index (χ0n) is 11.2. The number of carbonyl (C=O) groups is 2. The summed E-state index contributed by atoms with van der Waals surface area (Å²) in [4.78, 5) is 22.2. The second kappa shape index (κ2) is 7.99. The van der Waals surface area contributed by atoms with Gasteiger partial charge in [0.05, 0.1) is 5.56 Å². The Balaban J connectivity index is 2.44. The van der Waals surface area contributed by atoms with Crippen molar-refractivity contribution in [2.24, 2.45) is 0 Å². The SMILES string of the molecule is Cc1c(Br)ccc(F)c1C(=O)NCCCCCC(=O)O. The summed E-state index contributed by atoms with van der Waals surface area (Å²) in [5.74, 6) is -1.81. The monoisotopic (exact) mass is 345 g/mol. The van der Waals surface area contributed by atoms with E-state index in [1.165, 1.54) is 6.07 Å². The van der Waals surface area contributed by atoms with Crippen molar-refractivity contribution in [3.8, 4) is 0 Å². The van der Waals surface area contributed by atoms with Gasteiger partial charge in [0, 0.05) is 17.4 Å². The molecule has 0 radical (unpaired) electrons. The number of rotatable bonds is 7. The summed E-state index contributed by atoms with van der Waals surface area (Å²) in [7, 11) is 0.